The van der Waals surface area contributed by atoms with Crippen LogP contribution >= 0.6 is 0 Å². The van der Waals surface area contributed by atoms with Crippen LogP contribution in [0.5, 0.6) is 0 Å². The van der Waals surface area contributed by atoms with E-state index in [9.17, 15) is 4.79 Å². The molecule has 0 radical (unpaired) electrons. The van der Waals surface area contributed by atoms with Gasteiger partial charge in [-0.15, -0.1) is 0 Å². The number of anilines is 1. The van der Waals surface area contributed by atoms with Crippen molar-refractivity contribution in [2.45, 2.75) is 31.8 Å². The number of benzene rings is 1. The predicted octanol–water partition coefficient (Wildman–Crippen LogP) is 2.06. The SMILES string of the molecule is Nc1nc2ccccc2cc1CCC(=O)NC[C@@]12CCCO[C@@H]1COC2. The molecule has 2 fully saturated rings. The third-order valence-corrected chi connectivity index (χ3v) is 5.58. The summed E-state index contributed by atoms with van der Waals surface area (Å²) < 4.78 is 11.4. The summed E-state index contributed by atoms with van der Waals surface area (Å²) in [6.07, 6.45) is 3.15. The first-order chi connectivity index (χ1) is 12.7. The van der Waals surface area contributed by atoms with Crippen molar-refractivity contribution in [1.82, 2.24) is 10.3 Å². The van der Waals surface area contributed by atoms with Gasteiger partial charge < -0.3 is 20.5 Å². The first-order valence-electron chi connectivity index (χ1n) is 9.26. The Morgan fingerprint density at radius 1 is 1.38 bits per heavy atom. The molecular formula is C20H25N3O3. The van der Waals surface area contributed by atoms with Crippen molar-refractivity contribution in [3.63, 3.8) is 0 Å². The number of nitrogen functional groups attached to an aromatic ring is 1. The quantitative estimate of drug-likeness (QED) is 0.857. The fraction of sp³-hybridized carbons (Fsp3) is 0.500. The summed E-state index contributed by atoms with van der Waals surface area (Å²) in [6.45, 7) is 2.70. The molecule has 4 rings (SSSR count). The number of fused-ring (bicyclic) bond motifs is 2. The normalized spacial score (nSPS) is 25.2. The Bertz CT molecular complexity index is 810. The van der Waals surface area contributed by atoms with Crippen LogP contribution in [0.4, 0.5) is 5.82 Å². The topological polar surface area (TPSA) is 86.5 Å². The number of nitrogens with zero attached hydrogens (tertiary/aromatic N) is 1. The second-order valence-electron chi connectivity index (χ2n) is 7.34. The van der Waals surface area contributed by atoms with Crippen LogP contribution in [0.25, 0.3) is 10.9 Å². The van der Waals surface area contributed by atoms with E-state index in [-0.39, 0.29) is 17.4 Å². The molecule has 138 valence electrons. The highest BCUT2D eigenvalue weighted by molar-refractivity contribution is 5.82. The zero-order chi connectivity index (χ0) is 18.0. The monoisotopic (exact) mass is 355 g/mol. The molecule has 2 aliphatic heterocycles. The molecule has 0 saturated carbocycles. The molecule has 2 saturated heterocycles. The second kappa shape index (κ2) is 7.21. The lowest BCUT2D eigenvalue weighted by Crippen LogP contribution is -2.48. The van der Waals surface area contributed by atoms with Gasteiger partial charge in [-0.05, 0) is 37.0 Å². The fourth-order valence-electron chi connectivity index (χ4n) is 3.99. The highest BCUT2D eigenvalue weighted by atomic mass is 16.5. The third kappa shape index (κ3) is 3.39. The number of carbonyl (C=O) groups excluding carboxylic acids is 1. The van der Waals surface area contributed by atoms with E-state index in [0.717, 1.165) is 35.9 Å². The first-order valence-corrected chi connectivity index (χ1v) is 9.26. The van der Waals surface area contributed by atoms with E-state index in [4.69, 9.17) is 15.2 Å². The van der Waals surface area contributed by atoms with E-state index in [2.05, 4.69) is 10.3 Å². The van der Waals surface area contributed by atoms with Gasteiger partial charge in [0.05, 0.1) is 24.8 Å². The average Bonchev–Trinajstić information content (AvgIpc) is 3.09. The Hall–Kier alpha value is -2.18. The molecule has 3 N–H and O–H groups in total. The second-order valence-corrected chi connectivity index (χ2v) is 7.34. The smallest absolute Gasteiger partial charge is 0.220 e. The number of hydrogen-bond donors (Lipinski definition) is 2. The molecule has 0 unspecified atom stereocenters. The van der Waals surface area contributed by atoms with Gasteiger partial charge in [-0.2, -0.15) is 0 Å². The lowest BCUT2D eigenvalue weighted by molar-refractivity contribution is -0.122. The van der Waals surface area contributed by atoms with Gasteiger partial charge >= 0.3 is 0 Å². The van der Waals surface area contributed by atoms with Crippen molar-refractivity contribution in [3.8, 4) is 0 Å². The lowest BCUT2D eigenvalue weighted by atomic mass is 9.78. The Morgan fingerprint density at radius 3 is 3.19 bits per heavy atom. The Labute approximate surface area is 153 Å². The number of nitrogens with two attached hydrogens (primary N) is 1. The van der Waals surface area contributed by atoms with Gasteiger partial charge in [-0.1, -0.05) is 18.2 Å². The van der Waals surface area contributed by atoms with E-state index >= 15 is 0 Å². The Balaban J connectivity index is 1.35. The summed E-state index contributed by atoms with van der Waals surface area (Å²) in [5.41, 5.74) is 7.79. The molecule has 0 spiro atoms. The molecule has 2 aromatic rings. The van der Waals surface area contributed by atoms with Gasteiger partial charge in [0.2, 0.25) is 5.91 Å². The zero-order valence-electron chi connectivity index (χ0n) is 14.9. The lowest BCUT2D eigenvalue weighted by Gasteiger charge is -2.37. The molecular weight excluding hydrogens is 330 g/mol. The summed E-state index contributed by atoms with van der Waals surface area (Å²) >= 11 is 0. The summed E-state index contributed by atoms with van der Waals surface area (Å²) in [4.78, 5) is 16.8. The van der Waals surface area contributed by atoms with Crippen LogP contribution in [-0.4, -0.2) is 43.4 Å². The molecule has 2 atom stereocenters. The van der Waals surface area contributed by atoms with E-state index < -0.39 is 0 Å². The summed E-state index contributed by atoms with van der Waals surface area (Å²) in [7, 11) is 0. The predicted molar refractivity (Wildman–Crippen MR) is 99.7 cm³/mol. The maximum atomic E-state index is 12.4. The maximum absolute atomic E-state index is 12.4. The van der Waals surface area contributed by atoms with Crippen LogP contribution in [0.1, 0.15) is 24.8 Å². The maximum Gasteiger partial charge on any atom is 0.220 e. The number of aryl methyl sites for hydroxylation is 1. The number of ether oxygens (including phenoxy) is 2. The molecule has 2 aliphatic rings. The van der Waals surface area contributed by atoms with E-state index in [1.807, 2.05) is 30.3 Å². The van der Waals surface area contributed by atoms with Crippen molar-refractivity contribution in [1.29, 1.82) is 0 Å². The van der Waals surface area contributed by atoms with E-state index in [1.165, 1.54) is 0 Å². The van der Waals surface area contributed by atoms with Crippen LogP contribution in [0.15, 0.2) is 30.3 Å². The number of aromatic nitrogens is 1. The number of rotatable bonds is 5. The van der Waals surface area contributed by atoms with Gasteiger partial charge in [0.25, 0.3) is 0 Å². The molecule has 1 aromatic carbocycles. The molecule has 1 amide bonds. The number of para-hydroxylation sites is 1. The number of nitrogens with one attached hydrogen (secondary N) is 1. The molecule has 1 aromatic heterocycles. The number of amides is 1. The average molecular weight is 355 g/mol. The van der Waals surface area contributed by atoms with Crippen LogP contribution in [0.2, 0.25) is 0 Å². The minimum atomic E-state index is -0.0581. The number of pyridine rings is 1. The van der Waals surface area contributed by atoms with Crippen molar-refractivity contribution < 1.29 is 14.3 Å². The minimum Gasteiger partial charge on any atom is -0.383 e. The Morgan fingerprint density at radius 2 is 2.27 bits per heavy atom. The van der Waals surface area contributed by atoms with Crippen LogP contribution in [0, 0.1) is 5.41 Å². The fourth-order valence-corrected chi connectivity index (χ4v) is 3.99. The molecule has 0 bridgehead atoms. The van der Waals surface area contributed by atoms with Crippen molar-refractivity contribution in [2.75, 3.05) is 32.1 Å². The zero-order valence-corrected chi connectivity index (χ0v) is 14.9. The van der Waals surface area contributed by atoms with Crippen molar-refractivity contribution in [3.05, 3.63) is 35.9 Å². The van der Waals surface area contributed by atoms with Crippen LogP contribution in [-0.2, 0) is 20.7 Å². The molecule has 0 aliphatic carbocycles. The number of carbonyl (C=O) groups is 1. The summed E-state index contributed by atoms with van der Waals surface area (Å²) in [5.74, 6) is 0.531. The highest BCUT2D eigenvalue weighted by Gasteiger charge is 2.46. The molecule has 6 heteroatoms. The standard InChI is InChI=1S/C20H25N3O3/c21-19-15(10-14-4-1-2-5-16(14)23-19)6-7-18(24)22-12-20-8-3-9-26-17(20)11-25-13-20/h1-2,4-5,10,17H,3,6-9,11-13H2,(H2,21,23)(H,22,24)/t17-,20-/m1/s1. The minimum absolute atomic E-state index is 0.0307. The van der Waals surface area contributed by atoms with E-state index in [0.29, 0.717) is 38.4 Å². The summed E-state index contributed by atoms with van der Waals surface area (Å²) in [6, 6.07) is 9.89. The van der Waals surface area contributed by atoms with Crippen LogP contribution < -0.4 is 11.1 Å². The van der Waals surface area contributed by atoms with E-state index in [1.54, 1.807) is 0 Å². The largest absolute Gasteiger partial charge is 0.383 e. The van der Waals surface area contributed by atoms with Gasteiger partial charge in [-0.25, -0.2) is 4.98 Å². The Kier molecular flexibility index (Phi) is 4.78. The van der Waals surface area contributed by atoms with Gasteiger partial charge in [0, 0.05) is 30.4 Å². The van der Waals surface area contributed by atoms with Gasteiger partial charge in [0.15, 0.2) is 0 Å². The van der Waals surface area contributed by atoms with Crippen LogP contribution in [0.3, 0.4) is 0 Å². The molecule has 26 heavy (non-hydrogen) atoms. The molecule has 3 heterocycles. The van der Waals surface area contributed by atoms with Gasteiger partial charge in [0.1, 0.15) is 5.82 Å². The third-order valence-electron chi connectivity index (χ3n) is 5.58. The molecule has 6 nitrogen and oxygen atoms in total. The number of hydrogen-bond acceptors (Lipinski definition) is 5. The summed E-state index contributed by atoms with van der Waals surface area (Å²) in [5, 5.41) is 4.12. The van der Waals surface area contributed by atoms with Gasteiger partial charge in [-0.3, -0.25) is 4.79 Å². The highest BCUT2D eigenvalue weighted by Crippen LogP contribution is 2.38. The first kappa shape index (κ1) is 17.2. The van der Waals surface area contributed by atoms with Crippen molar-refractivity contribution in [2.24, 2.45) is 5.41 Å². The van der Waals surface area contributed by atoms with Crippen molar-refractivity contribution >= 4 is 22.6 Å².